The van der Waals surface area contributed by atoms with Crippen molar-refractivity contribution < 1.29 is 9.59 Å². The summed E-state index contributed by atoms with van der Waals surface area (Å²) < 4.78 is 0. The number of carbonyl (C=O) groups excluding carboxylic acids is 2. The molecule has 0 radical (unpaired) electrons. The Hall–Kier alpha value is -3.73. The van der Waals surface area contributed by atoms with Crippen LogP contribution in [0.3, 0.4) is 0 Å². The number of benzene rings is 3. The number of anilines is 1. The molecule has 3 rings (SSSR count). The van der Waals surface area contributed by atoms with Gasteiger partial charge in [-0.25, -0.2) is 5.43 Å². The summed E-state index contributed by atoms with van der Waals surface area (Å²) in [5.74, 6) is -0.476. The van der Waals surface area contributed by atoms with Gasteiger partial charge >= 0.3 is 0 Å². The van der Waals surface area contributed by atoms with E-state index in [9.17, 15) is 9.59 Å². The Morgan fingerprint density at radius 3 is 2.19 bits per heavy atom. The van der Waals surface area contributed by atoms with Crippen molar-refractivity contribution in [2.45, 2.75) is 33.1 Å². The van der Waals surface area contributed by atoms with Gasteiger partial charge in [0, 0.05) is 16.8 Å². The predicted octanol–water partition coefficient (Wildman–Crippen LogP) is 5.57. The highest BCUT2D eigenvalue weighted by Crippen LogP contribution is 2.13. The molecule has 0 bridgehead atoms. The lowest BCUT2D eigenvalue weighted by molar-refractivity contribution is 0.0954. The monoisotopic (exact) mass is 413 g/mol. The first-order valence-electron chi connectivity index (χ1n) is 10.5. The van der Waals surface area contributed by atoms with Crippen LogP contribution in [0.25, 0.3) is 0 Å². The summed E-state index contributed by atoms with van der Waals surface area (Å²) in [6, 6.07) is 24.0. The van der Waals surface area contributed by atoms with Crippen LogP contribution >= 0.6 is 0 Å². The molecule has 31 heavy (non-hydrogen) atoms. The second-order valence-corrected chi connectivity index (χ2v) is 7.37. The van der Waals surface area contributed by atoms with Crippen molar-refractivity contribution >= 4 is 23.2 Å². The second-order valence-electron chi connectivity index (χ2n) is 7.37. The minimum absolute atomic E-state index is 0.186. The standard InChI is InChI=1S/C26H27N3O2/c1-3-4-13-24(20-10-6-5-7-11-20)28-29-26(31)21-14-16-23(17-15-21)27-25(30)22-12-8-9-19(2)18-22/h5-12,14-18H,3-4,13H2,1-2H3,(H,27,30)(H,29,31). The van der Waals surface area contributed by atoms with Crippen LogP contribution in [0.5, 0.6) is 0 Å². The van der Waals surface area contributed by atoms with Gasteiger partial charge in [0.15, 0.2) is 0 Å². The maximum atomic E-state index is 12.5. The molecule has 5 nitrogen and oxygen atoms in total. The Kier molecular flexibility index (Phi) is 7.71. The van der Waals surface area contributed by atoms with Gasteiger partial charge in [0.05, 0.1) is 5.71 Å². The first-order chi connectivity index (χ1) is 15.1. The summed E-state index contributed by atoms with van der Waals surface area (Å²) in [6.45, 7) is 4.07. The minimum Gasteiger partial charge on any atom is -0.322 e. The third-order valence-electron chi connectivity index (χ3n) is 4.85. The normalized spacial score (nSPS) is 11.1. The highest BCUT2D eigenvalue weighted by Gasteiger charge is 2.09. The number of hydrazone groups is 1. The van der Waals surface area contributed by atoms with Crippen molar-refractivity contribution in [1.29, 1.82) is 0 Å². The predicted molar refractivity (Wildman–Crippen MR) is 126 cm³/mol. The van der Waals surface area contributed by atoms with Gasteiger partial charge in [0.1, 0.15) is 0 Å². The summed E-state index contributed by atoms with van der Waals surface area (Å²) in [5.41, 5.74) is 7.24. The Labute approximate surface area is 183 Å². The van der Waals surface area contributed by atoms with E-state index >= 15 is 0 Å². The molecule has 0 aliphatic heterocycles. The van der Waals surface area contributed by atoms with Crippen molar-refractivity contribution in [3.8, 4) is 0 Å². The van der Waals surface area contributed by atoms with Gasteiger partial charge in [0.2, 0.25) is 0 Å². The van der Waals surface area contributed by atoms with E-state index in [-0.39, 0.29) is 11.8 Å². The topological polar surface area (TPSA) is 70.6 Å². The molecule has 2 amide bonds. The molecule has 0 aliphatic carbocycles. The fraction of sp³-hybridized carbons (Fsp3) is 0.192. The van der Waals surface area contributed by atoms with Gasteiger partial charge < -0.3 is 5.32 Å². The molecule has 0 atom stereocenters. The van der Waals surface area contributed by atoms with Crippen molar-refractivity contribution in [3.63, 3.8) is 0 Å². The molecule has 5 heteroatoms. The lowest BCUT2D eigenvalue weighted by Gasteiger charge is -2.08. The number of hydrogen-bond donors (Lipinski definition) is 2. The van der Waals surface area contributed by atoms with Crippen LogP contribution in [-0.2, 0) is 0 Å². The minimum atomic E-state index is -0.290. The smallest absolute Gasteiger partial charge is 0.271 e. The van der Waals surface area contributed by atoms with E-state index in [1.165, 1.54) is 0 Å². The van der Waals surface area contributed by atoms with Crippen molar-refractivity contribution in [3.05, 3.63) is 101 Å². The van der Waals surface area contributed by atoms with Gasteiger partial charge in [-0.2, -0.15) is 5.10 Å². The van der Waals surface area contributed by atoms with Crippen molar-refractivity contribution in [2.24, 2.45) is 5.10 Å². The number of unbranched alkanes of at least 4 members (excludes halogenated alkanes) is 1. The molecule has 158 valence electrons. The quantitative estimate of drug-likeness (QED) is 0.374. The molecule has 0 fully saturated rings. The maximum absolute atomic E-state index is 12.5. The van der Waals surface area contributed by atoms with E-state index in [0.717, 1.165) is 36.1 Å². The van der Waals surface area contributed by atoms with Crippen LogP contribution in [0.15, 0.2) is 84.0 Å². The van der Waals surface area contributed by atoms with Crippen LogP contribution in [-0.4, -0.2) is 17.5 Å². The fourth-order valence-electron chi connectivity index (χ4n) is 3.12. The molecule has 3 aromatic rings. The van der Waals surface area contributed by atoms with Crippen LogP contribution in [0.4, 0.5) is 5.69 Å². The van der Waals surface area contributed by atoms with Gasteiger partial charge in [-0.15, -0.1) is 0 Å². The molecule has 0 saturated carbocycles. The molecule has 0 spiro atoms. The molecule has 0 aliphatic rings. The largest absolute Gasteiger partial charge is 0.322 e. The molecule has 0 heterocycles. The summed E-state index contributed by atoms with van der Waals surface area (Å²) in [4.78, 5) is 24.9. The highest BCUT2D eigenvalue weighted by atomic mass is 16.2. The number of carbonyl (C=O) groups is 2. The fourth-order valence-corrected chi connectivity index (χ4v) is 3.12. The number of nitrogens with one attached hydrogen (secondary N) is 2. The zero-order valence-electron chi connectivity index (χ0n) is 17.9. The maximum Gasteiger partial charge on any atom is 0.271 e. The van der Waals surface area contributed by atoms with E-state index in [1.54, 1.807) is 30.3 Å². The van der Waals surface area contributed by atoms with Gasteiger partial charge in [-0.1, -0.05) is 61.4 Å². The van der Waals surface area contributed by atoms with E-state index in [4.69, 9.17) is 0 Å². The third-order valence-corrected chi connectivity index (χ3v) is 4.85. The molecule has 2 N–H and O–H groups in total. The van der Waals surface area contributed by atoms with Crippen LogP contribution in [0, 0.1) is 6.92 Å². The van der Waals surface area contributed by atoms with E-state index in [1.807, 2.05) is 55.5 Å². The Balaban J connectivity index is 1.65. The summed E-state index contributed by atoms with van der Waals surface area (Å²) >= 11 is 0. The Morgan fingerprint density at radius 2 is 1.52 bits per heavy atom. The molecule has 0 aromatic heterocycles. The van der Waals surface area contributed by atoms with E-state index in [2.05, 4.69) is 22.8 Å². The first kappa shape index (κ1) is 22.0. The number of nitrogens with zero attached hydrogens (tertiary/aromatic N) is 1. The number of amides is 2. The van der Waals surface area contributed by atoms with E-state index < -0.39 is 0 Å². The number of rotatable bonds is 8. The van der Waals surface area contributed by atoms with Crippen LogP contribution in [0.1, 0.15) is 58.0 Å². The summed E-state index contributed by atoms with van der Waals surface area (Å²) in [6.07, 6.45) is 2.85. The molecule has 0 saturated heterocycles. The average Bonchev–Trinajstić information content (AvgIpc) is 2.80. The lowest BCUT2D eigenvalue weighted by Crippen LogP contribution is -2.20. The zero-order chi connectivity index (χ0) is 22.1. The Morgan fingerprint density at radius 1 is 0.806 bits per heavy atom. The van der Waals surface area contributed by atoms with Crippen LogP contribution < -0.4 is 10.7 Å². The summed E-state index contributed by atoms with van der Waals surface area (Å²) in [7, 11) is 0. The second kappa shape index (κ2) is 10.9. The van der Waals surface area contributed by atoms with Gasteiger partial charge in [-0.05, 0) is 61.7 Å². The van der Waals surface area contributed by atoms with Crippen LogP contribution in [0.2, 0.25) is 0 Å². The zero-order valence-corrected chi connectivity index (χ0v) is 17.9. The van der Waals surface area contributed by atoms with Gasteiger partial charge in [0.25, 0.3) is 11.8 Å². The third kappa shape index (κ3) is 6.37. The van der Waals surface area contributed by atoms with Crippen molar-refractivity contribution in [2.75, 3.05) is 5.32 Å². The molecule has 3 aromatic carbocycles. The first-order valence-corrected chi connectivity index (χ1v) is 10.5. The molecular weight excluding hydrogens is 386 g/mol. The highest BCUT2D eigenvalue weighted by molar-refractivity contribution is 6.05. The lowest BCUT2D eigenvalue weighted by atomic mass is 10.1. The molecular formula is C26H27N3O2. The number of hydrogen-bond acceptors (Lipinski definition) is 3. The summed E-state index contributed by atoms with van der Waals surface area (Å²) in [5, 5.41) is 7.22. The average molecular weight is 414 g/mol. The number of aryl methyl sites for hydroxylation is 1. The SMILES string of the molecule is CCCCC(=NNC(=O)c1ccc(NC(=O)c2cccc(C)c2)cc1)c1ccccc1. The van der Waals surface area contributed by atoms with Gasteiger partial charge in [-0.3, -0.25) is 9.59 Å². The molecule has 0 unspecified atom stereocenters. The Bertz CT molecular complexity index is 1060. The van der Waals surface area contributed by atoms with E-state index in [0.29, 0.717) is 16.8 Å². The van der Waals surface area contributed by atoms with Crippen molar-refractivity contribution in [1.82, 2.24) is 5.43 Å².